The molecule has 1 aliphatic carbocycles. The van der Waals surface area contributed by atoms with Crippen molar-refractivity contribution in [3.63, 3.8) is 0 Å². The SMILES string of the molecule is O=C(NC1CCCCC1)c1ccc2cccc(-c3cccc(C(F)(F)F)c3)c2n1. The lowest BCUT2D eigenvalue weighted by molar-refractivity contribution is -0.137. The van der Waals surface area contributed by atoms with Gasteiger partial charge in [0.15, 0.2) is 0 Å². The number of carbonyl (C=O) groups excluding carboxylic acids is 1. The summed E-state index contributed by atoms with van der Waals surface area (Å²) in [7, 11) is 0. The Balaban J connectivity index is 1.70. The van der Waals surface area contributed by atoms with Crippen molar-refractivity contribution < 1.29 is 18.0 Å². The summed E-state index contributed by atoms with van der Waals surface area (Å²) in [6, 6.07) is 14.1. The zero-order valence-corrected chi connectivity index (χ0v) is 15.8. The summed E-state index contributed by atoms with van der Waals surface area (Å²) in [6.07, 6.45) is 0.926. The maximum atomic E-state index is 13.1. The van der Waals surface area contributed by atoms with Crippen LogP contribution in [0.25, 0.3) is 22.0 Å². The topological polar surface area (TPSA) is 42.0 Å². The second-order valence-electron chi connectivity index (χ2n) is 7.46. The lowest BCUT2D eigenvalue weighted by Crippen LogP contribution is -2.36. The normalized spacial score (nSPS) is 15.4. The molecule has 0 aliphatic heterocycles. The van der Waals surface area contributed by atoms with E-state index >= 15 is 0 Å². The molecule has 1 heterocycles. The number of nitrogens with zero attached hydrogens (tertiary/aromatic N) is 1. The molecule has 3 aromatic rings. The predicted octanol–water partition coefficient (Wildman–Crippen LogP) is 5.98. The average molecular weight is 398 g/mol. The van der Waals surface area contributed by atoms with Gasteiger partial charge in [-0.25, -0.2) is 4.98 Å². The van der Waals surface area contributed by atoms with E-state index in [0.29, 0.717) is 16.6 Å². The van der Waals surface area contributed by atoms with Crippen LogP contribution in [0.15, 0.2) is 54.6 Å². The lowest BCUT2D eigenvalue weighted by Gasteiger charge is -2.22. The van der Waals surface area contributed by atoms with Crippen LogP contribution in [0.2, 0.25) is 0 Å². The number of carbonyl (C=O) groups is 1. The molecule has 0 bridgehead atoms. The molecule has 0 spiro atoms. The van der Waals surface area contributed by atoms with Gasteiger partial charge in [0.25, 0.3) is 5.91 Å². The third-order valence-electron chi connectivity index (χ3n) is 5.39. The highest BCUT2D eigenvalue weighted by atomic mass is 19.4. The van der Waals surface area contributed by atoms with Gasteiger partial charge in [-0.05, 0) is 36.6 Å². The van der Waals surface area contributed by atoms with Crippen molar-refractivity contribution >= 4 is 16.8 Å². The number of aromatic nitrogens is 1. The molecule has 6 heteroatoms. The van der Waals surface area contributed by atoms with E-state index in [4.69, 9.17) is 0 Å². The number of benzene rings is 2. The van der Waals surface area contributed by atoms with Crippen molar-refractivity contribution in [2.45, 2.75) is 44.3 Å². The highest BCUT2D eigenvalue weighted by Crippen LogP contribution is 2.34. The smallest absolute Gasteiger partial charge is 0.348 e. The summed E-state index contributed by atoms with van der Waals surface area (Å²) < 4.78 is 39.4. The molecule has 2 aromatic carbocycles. The van der Waals surface area contributed by atoms with Crippen molar-refractivity contribution in [3.8, 4) is 11.1 Å². The van der Waals surface area contributed by atoms with Crippen LogP contribution < -0.4 is 5.32 Å². The minimum absolute atomic E-state index is 0.160. The van der Waals surface area contributed by atoms with Crippen LogP contribution >= 0.6 is 0 Å². The number of alkyl halides is 3. The Morgan fingerprint density at radius 2 is 1.72 bits per heavy atom. The van der Waals surface area contributed by atoms with Crippen LogP contribution in [-0.2, 0) is 6.18 Å². The summed E-state index contributed by atoms with van der Waals surface area (Å²) >= 11 is 0. The van der Waals surface area contributed by atoms with Gasteiger partial charge in [-0.15, -0.1) is 0 Å². The largest absolute Gasteiger partial charge is 0.416 e. The molecule has 0 unspecified atom stereocenters. The number of hydrogen-bond acceptors (Lipinski definition) is 2. The summed E-state index contributed by atoms with van der Waals surface area (Å²) in [4.78, 5) is 17.2. The van der Waals surface area contributed by atoms with Crippen LogP contribution in [0.3, 0.4) is 0 Å². The van der Waals surface area contributed by atoms with E-state index in [2.05, 4.69) is 10.3 Å². The first-order valence-corrected chi connectivity index (χ1v) is 9.80. The molecule has 0 saturated heterocycles. The van der Waals surface area contributed by atoms with Gasteiger partial charge in [-0.1, -0.05) is 55.7 Å². The van der Waals surface area contributed by atoms with Gasteiger partial charge in [0.05, 0.1) is 11.1 Å². The number of nitrogens with one attached hydrogen (secondary N) is 1. The minimum Gasteiger partial charge on any atom is -0.348 e. The molecule has 1 aromatic heterocycles. The lowest BCUT2D eigenvalue weighted by atomic mass is 9.95. The van der Waals surface area contributed by atoms with Gasteiger partial charge in [0.2, 0.25) is 0 Å². The van der Waals surface area contributed by atoms with E-state index in [9.17, 15) is 18.0 Å². The first kappa shape index (κ1) is 19.4. The van der Waals surface area contributed by atoms with E-state index < -0.39 is 11.7 Å². The highest BCUT2D eigenvalue weighted by molar-refractivity contribution is 5.99. The van der Waals surface area contributed by atoms with Crippen LogP contribution in [0.4, 0.5) is 13.2 Å². The number of halogens is 3. The maximum absolute atomic E-state index is 13.1. The van der Waals surface area contributed by atoms with Gasteiger partial charge in [0, 0.05) is 17.0 Å². The third kappa shape index (κ3) is 4.26. The second kappa shape index (κ2) is 7.85. The van der Waals surface area contributed by atoms with E-state index in [1.54, 1.807) is 30.3 Å². The fourth-order valence-electron chi connectivity index (χ4n) is 3.88. The Hall–Kier alpha value is -2.89. The minimum atomic E-state index is -4.42. The molecule has 1 aliphatic rings. The Morgan fingerprint density at radius 1 is 0.966 bits per heavy atom. The zero-order valence-electron chi connectivity index (χ0n) is 15.8. The quantitative estimate of drug-likeness (QED) is 0.589. The van der Waals surface area contributed by atoms with Crippen LogP contribution in [0, 0.1) is 0 Å². The fraction of sp³-hybridized carbons (Fsp3) is 0.304. The first-order chi connectivity index (χ1) is 13.9. The number of rotatable bonds is 3. The van der Waals surface area contributed by atoms with Crippen LogP contribution in [0.5, 0.6) is 0 Å². The average Bonchev–Trinajstić information content (AvgIpc) is 2.73. The van der Waals surface area contributed by atoms with Crippen molar-refractivity contribution in [1.29, 1.82) is 0 Å². The fourth-order valence-corrected chi connectivity index (χ4v) is 3.88. The third-order valence-corrected chi connectivity index (χ3v) is 5.39. The van der Waals surface area contributed by atoms with Crippen LogP contribution in [-0.4, -0.2) is 16.9 Å². The zero-order chi connectivity index (χ0) is 20.4. The van der Waals surface area contributed by atoms with E-state index in [1.807, 2.05) is 6.07 Å². The van der Waals surface area contributed by atoms with E-state index in [0.717, 1.165) is 43.2 Å². The molecule has 1 fully saturated rings. The second-order valence-corrected chi connectivity index (χ2v) is 7.46. The molecular formula is C23H21F3N2O. The number of fused-ring (bicyclic) bond motifs is 1. The standard InChI is InChI=1S/C23H21F3N2O/c24-23(25,26)17-8-4-7-16(14-17)19-11-5-6-15-12-13-20(28-21(15)19)22(29)27-18-9-2-1-3-10-18/h4-8,11-14,18H,1-3,9-10H2,(H,27,29). The van der Waals surface area contributed by atoms with Gasteiger partial charge < -0.3 is 5.32 Å². The molecule has 1 amide bonds. The van der Waals surface area contributed by atoms with Gasteiger partial charge in [0.1, 0.15) is 5.69 Å². The Morgan fingerprint density at radius 3 is 2.48 bits per heavy atom. The number of pyridine rings is 1. The molecule has 4 rings (SSSR count). The molecule has 1 saturated carbocycles. The molecule has 1 N–H and O–H groups in total. The summed E-state index contributed by atoms with van der Waals surface area (Å²) in [5.74, 6) is -0.238. The Kier molecular flexibility index (Phi) is 5.26. The summed E-state index contributed by atoms with van der Waals surface area (Å²) in [5, 5.41) is 3.81. The monoisotopic (exact) mass is 398 g/mol. The highest BCUT2D eigenvalue weighted by Gasteiger charge is 2.30. The number of amides is 1. The van der Waals surface area contributed by atoms with Crippen molar-refractivity contribution in [1.82, 2.24) is 10.3 Å². The van der Waals surface area contributed by atoms with Crippen molar-refractivity contribution in [3.05, 3.63) is 65.9 Å². The molecule has 0 atom stereocenters. The van der Waals surface area contributed by atoms with Crippen LogP contribution in [0.1, 0.15) is 48.2 Å². The Labute approximate surface area is 167 Å². The van der Waals surface area contributed by atoms with E-state index in [1.165, 1.54) is 12.5 Å². The van der Waals surface area contributed by atoms with Crippen molar-refractivity contribution in [2.24, 2.45) is 0 Å². The van der Waals surface area contributed by atoms with Gasteiger partial charge in [-0.2, -0.15) is 13.2 Å². The number of para-hydroxylation sites is 1. The summed E-state index contributed by atoms with van der Waals surface area (Å²) in [5.41, 5.74) is 1.08. The summed E-state index contributed by atoms with van der Waals surface area (Å²) in [6.45, 7) is 0. The first-order valence-electron chi connectivity index (χ1n) is 9.80. The molecular weight excluding hydrogens is 377 g/mol. The Bertz CT molecular complexity index is 1040. The van der Waals surface area contributed by atoms with E-state index in [-0.39, 0.29) is 17.6 Å². The molecule has 150 valence electrons. The van der Waals surface area contributed by atoms with Gasteiger partial charge >= 0.3 is 6.18 Å². The maximum Gasteiger partial charge on any atom is 0.416 e. The van der Waals surface area contributed by atoms with Gasteiger partial charge in [-0.3, -0.25) is 4.79 Å². The van der Waals surface area contributed by atoms with Crippen molar-refractivity contribution in [2.75, 3.05) is 0 Å². The molecule has 3 nitrogen and oxygen atoms in total. The molecule has 29 heavy (non-hydrogen) atoms. The number of hydrogen-bond donors (Lipinski definition) is 1. The molecule has 0 radical (unpaired) electrons. The predicted molar refractivity (Wildman–Crippen MR) is 107 cm³/mol.